The second-order valence-corrected chi connectivity index (χ2v) is 6.99. The third kappa shape index (κ3) is 5.07. The smallest absolute Gasteiger partial charge is 0.371 e. The molecule has 0 aliphatic carbocycles. The Labute approximate surface area is 115 Å². The van der Waals surface area contributed by atoms with Crippen molar-refractivity contribution in [1.82, 2.24) is 5.32 Å². The van der Waals surface area contributed by atoms with Gasteiger partial charge in [0.25, 0.3) is 0 Å². The fourth-order valence-electron chi connectivity index (χ4n) is 2.73. The van der Waals surface area contributed by atoms with E-state index in [9.17, 15) is 4.79 Å². The van der Waals surface area contributed by atoms with Crippen LogP contribution >= 0.6 is 0 Å². The lowest BCUT2D eigenvalue weighted by Gasteiger charge is -2.35. The summed E-state index contributed by atoms with van der Waals surface area (Å²) >= 11 is 0. The van der Waals surface area contributed by atoms with Crippen molar-refractivity contribution >= 4 is 5.97 Å². The maximum atomic E-state index is 10.8. The molecule has 0 spiro atoms. The van der Waals surface area contributed by atoms with Crippen molar-refractivity contribution < 1.29 is 14.3 Å². The van der Waals surface area contributed by atoms with Crippen LogP contribution in [-0.4, -0.2) is 16.6 Å². The highest BCUT2D eigenvalue weighted by Crippen LogP contribution is 2.29. The first-order valence-electron chi connectivity index (χ1n) is 6.61. The van der Waals surface area contributed by atoms with Gasteiger partial charge in [-0.05, 0) is 44.7 Å². The summed E-state index contributed by atoms with van der Waals surface area (Å²) in [6.07, 6.45) is 1.01. The normalized spacial score (nSPS) is 14.4. The number of carbonyl (C=O) groups is 1. The van der Waals surface area contributed by atoms with Gasteiger partial charge in [0.2, 0.25) is 5.76 Å². The standard InChI is InChI=1S/C15H25NO3/c1-10(11-7-8-12(19-11)13(17)18)16-15(5,6)9-14(2,3)4/h7-8,10,16H,9H2,1-6H3,(H,17,18). The number of furan rings is 1. The number of carboxylic acids is 1. The predicted molar refractivity (Wildman–Crippen MR) is 75.4 cm³/mol. The minimum Gasteiger partial charge on any atom is -0.475 e. The van der Waals surface area contributed by atoms with Crippen molar-refractivity contribution in [2.75, 3.05) is 0 Å². The molecule has 1 aromatic rings. The van der Waals surface area contributed by atoms with E-state index in [0.29, 0.717) is 5.76 Å². The van der Waals surface area contributed by atoms with Crippen LogP contribution in [0, 0.1) is 5.41 Å². The average Bonchev–Trinajstić information content (AvgIpc) is 2.60. The number of carboxylic acid groups (broad SMARTS) is 1. The van der Waals surface area contributed by atoms with E-state index < -0.39 is 5.97 Å². The molecule has 1 heterocycles. The molecule has 0 saturated carbocycles. The zero-order valence-electron chi connectivity index (χ0n) is 12.7. The SMILES string of the molecule is CC(NC(C)(C)CC(C)(C)C)c1ccc(C(=O)O)o1. The number of hydrogen-bond donors (Lipinski definition) is 2. The van der Waals surface area contributed by atoms with Crippen LogP contribution in [0.3, 0.4) is 0 Å². The van der Waals surface area contributed by atoms with Crippen molar-refractivity contribution in [2.24, 2.45) is 5.41 Å². The summed E-state index contributed by atoms with van der Waals surface area (Å²) in [5, 5.41) is 12.3. The van der Waals surface area contributed by atoms with Crippen molar-refractivity contribution in [1.29, 1.82) is 0 Å². The van der Waals surface area contributed by atoms with Gasteiger partial charge in [0.15, 0.2) is 0 Å². The number of rotatable bonds is 5. The zero-order valence-corrected chi connectivity index (χ0v) is 12.7. The Bertz CT molecular complexity index is 440. The van der Waals surface area contributed by atoms with Crippen LogP contribution in [0.4, 0.5) is 0 Å². The van der Waals surface area contributed by atoms with Gasteiger partial charge in [-0.2, -0.15) is 0 Å². The van der Waals surface area contributed by atoms with Gasteiger partial charge in [-0.15, -0.1) is 0 Å². The molecule has 0 saturated heterocycles. The minimum absolute atomic E-state index is 0.0164. The van der Waals surface area contributed by atoms with E-state index in [1.165, 1.54) is 6.07 Å². The highest BCUT2D eigenvalue weighted by atomic mass is 16.4. The Morgan fingerprint density at radius 3 is 2.32 bits per heavy atom. The molecule has 4 heteroatoms. The van der Waals surface area contributed by atoms with E-state index in [2.05, 4.69) is 39.9 Å². The first-order chi connectivity index (χ1) is 8.50. The van der Waals surface area contributed by atoms with Crippen molar-refractivity contribution in [3.63, 3.8) is 0 Å². The summed E-state index contributed by atoms with van der Waals surface area (Å²) in [4.78, 5) is 10.8. The molecular formula is C15H25NO3. The topological polar surface area (TPSA) is 62.5 Å². The Hall–Kier alpha value is -1.29. The van der Waals surface area contributed by atoms with Crippen LogP contribution in [0.25, 0.3) is 0 Å². The maximum absolute atomic E-state index is 10.8. The van der Waals surface area contributed by atoms with Gasteiger partial charge >= 0.3 is 5.97 Å². The Morgan fingerprint density at radius 2 is 1.89 bits per heavy atom. The van der Waals surface area contributed by atoms with Crippen molar-refractivity contribution in [3.8, 4) is 0 Å². The molecule has 4 nitrogen and oxygen atoms in total. The van der Waals surface area contributed by atoms with Crippen molar-refractivity contribution in [2.45, 2.75) is 59.5 Å². The van der Waals surface area contributed by atoms with E-state index in [-0.39, 0.29) is 22.8 Å². The van der Waals surface area contributed by atoms with Crippen LogP contribution in [0.15, 0.2) is 16.5 Å². The van der Waals surface area contributed by atoms with Crippen LogP contribution in [-0.2, 0) is 0 Å². The summed E-state index contributed by atoms with van der Waals surface area (Å²) in [5.41, 5.74) is 0.180. The van der Waals surface area contributed by atoms with Crippen LogP contribution < -0.4 is 5.32 Å². The minimum atomic E-state index is -1.03. The molecule has 1 atom stereocenters. The van der Waals surface area contributed by atoms with Gasteiger partial charge in [-0.25, -0.2) is 4.79 Å². The van der Waals surface area contributed by atoms with E-state index >= 15 is 0 Å². The quantitative estimate of drug-likeness (QED) is 0.850. The molecule has 0 aromatic carbocycles. The second kappa shape index (κ2) is 5.37. The van der Waals surface area contributed by atoms with Gasteiger partial charge < -0.3 is 14.8 Å². The average molecular weight is 267 g/mol. The summed E-state index contributed by atoms with van der Waals surface area (Å²) in [7, 11) is 0. The molecule has 108 valence electrons. The first-order valence-corrected chi connectivity index (χ1v) is 6.61. The molecule has 0 amide bonds. The van der Waals surface area contributed by atoms with Gasteiger partial charge in [-0.3, -0.25) is 0 Å². The molecule has 1 aromatic heterocycles. The molecule has 19 heavy (non-hydrogen) atoms. The Morgan fingerprint density at radius 1 is 1.32 bits per heavy atom. The number of hydrogen-bond acceptors (Lipinski definition) is 3. The molecule has 1 rings (SSSR count). The van der Waals surface area contributed by atoms with Gasteiger partial charge in [0.1, 0.15) is 5.76 Å². The van der Waals surface area contributed by atoms with E-state index in [0.717, 1.165) is 6.42 Å². The van der Waals surface area contributed by atoms with E-state index in [4.69, 9.17) is 9.52 Å². The molecule has 0 bridgehead atoms. The van der Waals surface area contributed by atoms with E-state index in [1.807, 2.05) is 6.92 Å². The number of nitrogens with one attached hydrogen (secondary N) is 1. The van der Waals surface area contributed by atoms with Gasteiger partial charge in [0, 0.05) is 5.54 Å². The Kier molecular flexibility index (Phi) is 4.46. The molecule has 0 radical (unpaired) electrons. The van der Waals surface area contributed by atoms with Crippen LogP contribution in [0.1, 0.15) is 70.3 Å². The lowest BCUT2D eigenvalue weighted by Crippen LogP contribution is -2.43. The Balaban J connectivity index is 2.72. The van der Waals surface area contributed by atoms with Gasteiger partial charge in [-0.1, -0.05) is 20.8 Å². The highest BCUT2D eigenvalue weighted by molar-refractivity contribution is 5.84. The summed E-state index contributed by atoms with van der Waals surface area (Å²) in [6.45, 7) is 12.9. The lowest BCUT2D eigenvalue weighted by molar-refractivity contribution is 0.0659. The van der Waals surface area contributed by atoms with Gasteiger partial charge in [0.05, 0.1) is 6.04 Å². The fourth-order valence-corrected chi connectivity index (χ4v) is 2.73. The van der Waals surface area contributed by atoms with Crippen molar-refractivity contribution in [3.05, 3.63) is 23.7 Å². The second-order valence-electron chi connectivity index (χ2n) is 6.99. The molecule has 1 unspecified atom stereocenters. The maximum Gasteiger partial charge on any atom is 0.371 e. The molecule has 0 aliphatic heterocycles. The van der Waals surface area contributed by atoms with Crippen LogP contribution in [0.5, 0.6) is 0 Å². The molecular weight excluding hydrogens is 242 g/mol. The molecule has 0 fully saturated rings. The summed E-state index contributed by atoms with van der Waals surface area (Å²) in [5.74, 6) is -0.399. The summed E-state index contributed by atoms with van der Waals surface area (Å²) < 4.78 is 5.32. The summed E-state index contributed by atoms with van der Waals surface area (Å²) in [6, 6.07) is 3.19. The monoisotopic (exact) mass is 267 g/mol. The van der Waals surface area contributed by atoms with Crippen LogP contribution in [0.2, 0.25) is 0 Å². The lowest BCUT2D eigenvalue weighted by atomic mass is 9.81. The predicted octanol–water partition coefficient (Wildman–Crippen LogP) is 3.84. The third-order valence-electron chi connectivity index (χ3n) is 2.84. The largest absolute Gasteiger partial charge is 0.475 e. The fraction of sp³-hybridized carbons (Fsp3) is 0.667. The van der Waals surface area contributed by atoms with E-state index in [1.54, 1.807) is 6.07 Å². The first kappa shape index (κ1) is 15.8. The highest BCUT2D eigenvalue weighted by Gasteiger charge is 2.28. The third-order valence-corrected chi connectivity index (χ3v) is 2.84. The molecule has 2 N–H and O–H groups in total. The zero-order chi connectivity index (χ0) is 14.8. The number of aromatic carboxylic acids is 1. The molecule has 0 aliphatic rings.